The van der Waals surface area contributed by atoms with Crippen molar-refractivity contribution in [2.75, 3.05) is 0 Å². The summed E-state index contributed by atoms with van der Waals surface area (Å²) in [5.74, 6) is 1.96. The van der Waals surface area contributed by atoms with Crippen LogP contribution in [0, 0.1) is 41.5 Å². The summed E-state index contributed by atoms with van der Waals surface area (Å²) in [6.07, 6.45) is 0. The molecule has 0 radical (unpaired) electrons. The Morgan fingerprint density at radius 2 is 0.536 bits per heavy atom. The Morgan fingerprint density at radius 1 is 0.275 bits per heavy atom. The van der Waals surface area contributed by atoms with Gasteiger partial charge in [0.05, 0.1) is 51.2 Å². The van der Waals surface area contributed by atoms with Crippen molar-refractivity contribution < 1.29 is 0 Å². The lowest BCUT2D eigenvalue weighted by molar-refractivity contribution is 1.04. The molecule has 13 rings (SSSR count). The molecular formula is C57H42N12. The van der Waals surface area contributed by atoms with Gasteiger partial charge in [-0.2, -0.15) is 0 Å². The number of imidazole rings is 3. The summed E-state index contributed by atoms with van der Waals surface area (Å²) in [5.41, 5.74) is 13.7. The summed E-state index contributed by atoms with van der Waals surface area (Å²) in [4.78, 5) is 46.9. The topological polar surface area (TPSA) is 131 Å². The van der Waals surface area contributed by atoms with Gasteiger partial charge in [0, 0.05) is 32.8 Å². The summed E-state index contributed by atoms with van der Waals surface area (Å²) in [7, 11) is 0. The fourth-order valence-electron chi connectivity index (χ4n) is 9.66. The van der Waals surface area contributed by atoms with E-state index in [1.54, 1.807) is 0 Å². The standard InChI is InChI=1S/C57H42N12/c1-31-34(4)61-55-49(58-31)64-52(67(55)46-25-13-19-37-16-7-10-22-43(37)46)40-28-41(53-65-50-56(62-35(5)32(2)59-50)68(53)47-26-14-20-38-17-8-11-23-44(38)47)30-42(29-40)54-66-51-57(63-36(6)33(3)60-51)69(54)48-27-15-21-39-18-9-12-24-45(39)48/h7-30H,1-6H3. The third-order valence-electron chi connectivity index (χ3n) is 13.4. The van der Waals surface area contributed by atoms with E-state index in [0.29, 0.717) is 51.4 Å². The Kier molecular flexibility index (Phi) is 8.90. The van der Waals surface area contributed by atoms with Gasteiger partial charge in [0.25, 0.3) is 0 Å². The van der Waals surface area contributed by atoms with Crippen molar-refractivity contribution in [3.05, 3.63) is 180 Å². The second-order valence-electron chi connectivity index (χ2n) is 17.7. The first kappa shape index (κ1) is 40.3. The molecule has 12 nitrogen and oxygen atoms in total. The molecule has 13 aromatic rings. The Balaban J connectivity index is 1.19. The normalized spacial score (nSPS) is 11.9. The Bertz CT molecular complexity index is 3830. The minimum absolute atomic E-state index is 0.540. The van der Waals surface area contributed by atoms with Gasteiger partial charge in [-0.15, -0.1) is 0 Å². The third kappa shape index (κ3) is 6.32. The molecule has 0 fully saturated rings. The van der Waals surface area contributed by atoms with Gasteiger partial charge in [0.1, 0.15) is 17.5 Å². The zero-order valence-corrected chi connectivity index (χ0v) is 38.7. The van der Waals surface area contributed by atoms with E-state index in [9.17, 15) is 0 Å². The monoisotopic (exact) mass is 894 g/mol. The predicted molar refractivity (Wildman–Crippen MR) is 274 cm³/mol. The molecule has 0 unspecified atom stereocenters. The molecule has 6 heterocycles. The largest absolute Gasteiger partial charge is 0.275 e. The van der Waals surface area contributed by atoms with Gasteiger partial charge in [-0.25, -0.2) is 44.9 Å². The molecule has 69 heavy (non-hydrogen) atoms. The fourth-order valence-corrected chi connectivity index (χ4v) is 9.66. The van der Waals surface area contributed by atoms with Crippen molar-refractivity contribution in [3.63, 3.8) is 0 Å². The lowest BCUT2D eigenvalue weighted by atomic mass is 10.0. The van der Waals surface area contributed by atoms with Gasteiger partial charge in [0.15, 0.2) is 33.9 Å². The van der Waals surface area contributed by atoms with E-state index in [4.69, 9.17) is 44.9 Å². The molecule has 0 amide bonds. The van der Waals surface area contributed by atoms with Crippen molar-refractivity contribution in [2.24, 2.45) is 0 Å². The van der Waals surface area contributed by atoms with Crippen LogP contribution in [-0.4, -0.2) is 58.6 Å². The molecular weight excluding hydrogens is 853 g/mol. The van der Waals surface area contributed by atoms with Crippen LogP contribution in [-0.2, 0) is 0 Å². The van der Waals surface area contributed by atoms with Crippen molar-refractivity contribution in [2.45, 2.75) is 41.5 Å². The minimum atomic E-state index is 0.540. The number of nitrogens with zero attached hydrogens (tertiary/aromatic N) is 12. The zero-order chi connectivity index (χ0) is 46.7. The molecule has 0 bridgehead atoms. The van der Waals surface area contributed by atoms with Gasteiger partial charge < -0.3 is 0 Å². The highest BCUT2D eigenvalue weighted by Crippen LogP contribution is 2.40. The highest BCUT2D eigenvalue weighted by atomic mass is 15.2. The number of rotatable bonds is 6. The van der Waals surface area contributed by atoms with Crippen LogP contribution < -0.4 is 0 Å². The SMILES string of the molecule is Cc1nc2nc(-c3cc(-c4nc5nc(C)c(C)nc5n4-c4cccc5ccccc45)cc(-c4nc5nc(C)c(C)nc5n4-c4cccc5ccccc45)c3)n(-c3cccc4ccccc34)c2nc1C. The smallest absolute Gasteiger partial charge is 0.198 e. The van der Waals surface area contributed by atoms with E-state index in [1.807, 2.05) is 41.5 Å². The molecule has 0 aliphatic carbocycles. The molecule has 6 aromatic heterocycles. The van der Waals surface area contributed by atoms with Gasteiger partial charge >= 0.3 is 0 Å². The van der Waals surface area contributed by atoms with E-state index >= 15 is 0 Å². The van der Waals surface area contributed by atoms with Gasteiger partial charge in [-0.05, 0) is 94.1 Å². The maximum Gasteiger partial charge on any atom is 0.198 e. The lowest BCUT2D eigenvalue weighted by Crippen LogP contribution is -2.04. The second kappa shape index (κ2) is 15.3. The first-order chi connectivity index (χ1) is 33.7. The molecule has 0 saturated heterocycles. The fraction of sp³-hybridized carbons (Fsp3) is 0.105. The van der Waals surface area contributed by atoms with Gasteiger partial charge in [0.2, 0.25) is 0 Å². The molecule has 0 N–H and O–H groups in total. The molecule has 12 heteroatoms. The molecule has 0 aliphatic heterocycles. The highest BCUT2D eigenvalue weighted by Gasteiger charge is 2.27. The average molecular weight is 895 g/mol. The summed E-state index contributed by atoms with van der Waals surface area (Å²) >= 11 is 0. The average Bonchev–Trinajstić information content (AvgIpc) is 4.04. The molecule has 0 aliphatic rings. The summed E-state index contributed by atoms with van der Waals surface area (Å²) in [6.45, 7) is 11.9. The van der Waals surface area contributed by atoms with Gasteiger partial charge in [-0.1, -0.05) is 109 Å². The van der Waals surface area contributed by atoms with Crippen LogP contribution in [0.5, 0.6) is 0 Å². The third-order valence-corrected chi connectivity index (χ3v) is 13.4. The molecule has 0 spiro atoms. The Hall–Kier alpha value is -9.03. The summed E-state index contributed by atoms with van der Waals surface area (Å²) in [6, 6.07) is 50.7. The van der Waals surface area contributed by atoms with Crippen molar-refractivity contribution in [1.82, 2.24) is 58.6 Å². The van der Waals surface area contributed by atoms with Crippen molar-refractivity contribution in [1.29, 1.82) is 0 Å². The lowest BCUT2D eigenvalue weighted by Gasteiger charge is -2.17. The molecule has 0 saturated carbocycles. The zero-order valence-electron chi connectivity index (χ0n) is 38.7. The minimum Gasteiger partial charge on any atom is -0.275 e. The number of fused-ring (bicyclic) bond motifs is 6. The number of benzene rings is 7. The van der Waals surface area contributed by atoms with Crippen LogP contribution in [0.15, 0.2) is 146 Å². The maximum atomic E-state index is 5.40. The van der Waals surface area contributed by atoms with Gasteiger partial charge in [-0.3, -0.25) is 13.7 Å². The van der Waals surface area contributed by atoms with E-state index in [-0.39, 0.29) is 0 Å². The first-order valence-electron chi connectivity index (χ1n) is 23.0. The maximum absolute atomic E-state index is 5.40. The van der Waals surface area contributed by atoms with E-state index in [1.165, 1.54) is 0 Å². The second-order valence-corrected chi connectivity index (χ2v) is 17.7. The van der Waals surface area contributed by atoms with Crippen LogP contribution in [0.3, 0.4) is 0 Å². The summed E-state index contributed by atoms with van der Waals surface area (Å²) < 4.78 is 6.44. The molecule has 0 atom stereocenters. The predicted octanol–water partition coefficient (Wildman–Crippen LogP) is 12.4. The quantitative estimate of drug-likeness (QED) is 0.160. The van der Waals surface area contributed by atoms with E-state index in [2.05, 4.69) is 159 Å². The Morgan fingerprint density at radius 3 is 0.841 bits per heavy atom. The number of hydrogen-bond donors (Lipinski definition) is 0. The summed E-state index contributed by atoms with van der Waals surface area (Å²) in [5, 5.41) is 6.45. The number of aromatic nitrogens is 12. The van der Waals surface area contributed by atoms with E-state index < -0.39 is 0 Å². The Labute approximate surface area is 395 Å². The van der Waals surface area contributed by atoms with Crippen LogP contribution >= 0.6 is 0 Å². The first-order valence-corrected chi connectivity index (χ1v) is 23.0. The van der Waals surface area contributed by atoms with Crippen LogP contribution in [0.4, 0.5) is 0 Å². The number of aryl methyl sites for hydroxylation is 6. The molecule has 7 aromatic carbocycles. The van der Waals surface area contributed by atoms with Crippen LogP contribution in [0.1, 0.15) is 34.2 Å². The van der Waals surface area contributed by atoms with E-state index in [0.717, 1.165) is 100 Å². The molecule has 330 valence electrons. The van der Waals surface area contributed by atoms with Crippen molar-refractivity contribution >= 4 is 66.2 Å². The number of hydrogen-bond acceptors (Lipinski definition) is 9. The van der Waals surface area contributed by atoms with Crippen LogP contribution in [0.2, 0.25) is 0 Å². The highest BCUT2D eigenvalue weighted by molar-refractivity contribution is 5.97. The van der Waals surface area contributed by atoms with Crippen molar-refractivity contribution in [3.8, 4) is 51.2 Å². The van der Waals surface area contributed by atoms with Crippen LogP contribution in [0.25, 0.3) is 117 Å².